The molecule has 1 aliphatic rings. The first-order chi connectivity index (χ1) is 11.8. The molecule has 3 rings (SSSR count). The number of nitrogens with one attached hydrogen (secondary N) is 2. The predicted octanol–water partition coefficient (Wildman–Crippen LogP) is 1.76. The number of nitrogens with zero attached hydrogens (tertiary/aromatic N) is 1. The van der Waals surface area contributed by atoms with Crippen molar-refractivity contribution in [2.75, 3.05) is 0 Å². The van der Waals surface area contributed by atoms with Gasteiger partial charge in [0, 0.05) is 0 Å². The number of benzene rings is 1. The molecule has 2 N–H and O–H groups in total. The number of aryl methyl sites for hydroxylation is 3. The highest BCUT2D eigenvalue weighted by Gasteiger charge is 2.30. The molecule has 1 aliphatic carbocycles. The summed E-state index contributed by atoms with van der Waals surface area (Å²) in [6.45, 7) is 4.59. The van der Waals surface area contributed by atoms with Crippen LogP contribution in [0.15, 0.2) is 33.7 Å². The number of rotatable bonds is 5. The molecule has 1 aromatic heterocycles. The molecule has 2 atom stereocenters. The van der Waals surface area contributed by atoms with E-state index in [1.54, 1.807) is 6.92 Å². The molecule has 0 saturated carbocycles. The summed E-state index contributed by atoms with van der Waals surface area (Å²) in [5.74, 6) is -0.167. The molecule has 1 aromatic carbocycles. The lowest BCUT2D eigenvalue weighted by Crippen LogP contribution is -2.45. The third-order valence-electron chi connectivity index (χ3n) is 4.41. The van der Waals surface area contributed by atoms with Crippen molar-refractivity contribution in [2.45, 2.75) is 50.6 Å². The number of amides is 1. The fraction of sp³-hybridized carbons (Fsp3) is 0.412. The predicted molar refractivity (Wildman–Crippen MR) is 91.4 cm³/mol. The molecule has 0 saturated heterocycles. The minimum atomic E-state index is -3.88. The lowest BCUT2D eigenvalue weighted by Gasteiger charge is -2.18. The topological polar surface area (TPSA) is 101 Å². The van der Waals surface area contributed by atoms with Crippen LogP contribution in [0.3, 0.4) is 0 Å². The van der Waals surface area contributed by atoms with Crippen molar-refractivity contribution in [3.05, 3.63) is 46.8 Å². The van der Waals surface area contributed by atoms with E-state index in [4.69, 9.17) is 4.52 Å². The van der Waals surface area contributed by atoms with Gasteiger partial charge < -0.3 is 9.84 Å². The zero-order chi connectivity index (χ0) is 18.2. The van der Waals surface area contributed by atoms with Crippen LogP contribution in [-0.4, -0.2) is 25.5 Å². The van der Waals surface area contributed by atoms with Gasteiger partial charge in [-0.25, -0.2) is 8.42 Å². The summed E-state index contributed by atoms with van der Waals surface area (Å²) in [5.41, 5.74) is 2.58. The van der Waals surface area contributed by atoms with Crippen molar-refractivity contribution in [3.8, 4) is 0 Å². The van der Waals surface area contributed by atoms with E-state index in [1.165, 1.54) is 19.4 Å². The fourth-order valence-electron chi connectivity index (χ4n) is 3.21. The highest BCUT2D eigenvalue weighted by molar-refractivity contribution is 7.89. The SMILES string of the molecule is Cc1noc(C)c1S(=O)(=O)N[C@@H](C)C(=O)N[C@@H]1CCc2ccccc21. The van der Waals surface area contributed by atoms with E-state index in [1.807, 2.05) is 24.3 Å². The van der Waals surface area contributed by atoms with Crippen molar-refractivity contribution < 1.29 is 17.7 Å². The number of fused-ring (bicyclic) bond motifs is 1. The van der Waals surface area contributed by atoms with Gasteiger partial charge in [-0.2, -0.15) is 4.72 Å². The van der Waals surface area contributed by atoms with E-state index < -0.39 is 16.1 Å². The summed E-state index contributed by atoms with van der Waals surface area (Å²) in [6.07, 6.45) is 1.72. The Balaban J connectivity index is 1.70. The summed E-state index contributed by atoms with van der Waals surface area (Å²) in [4.78, 5) is 12.4. The Morgan fingerprint density at radius 2 is 2.04 bits per heavy atom. The number of hydrogen-bond acceptors (Lipinski definition) is 5. The van der Waals surface area contributed by atoms with Gasteiger partial charge in [0.25, 0.3) is 0 Å². The van der Waals surface area contributed by atoms with Gasteiger partial charge in [-0.1, -0.05) is 29.4 Å². The lowest BCUT2D eigenvalue weighted by atomic mass is 10.1. The second-order valence-electron chi connectivity index (χ2n) is 6.29. The Morgan fingerprint density at radius 1 is 1.32 bits per heavy atom. The minimum absolute atomic E-state index is 0.0154. The van der Waals surface area contributed by atoms with Crippen LogP contribution in [0.25, 0.3) is 0 Å². The monoisotopic (exact) mass is 363 g/mol. The molecule has 8 heteroatoms. The van der Waals surface area contributed by atoms with E-state index >= 15 is 0 Å². The first kappa shape index (κ1) is 17.6. The van der Waals surface area contributed by atoms with E-state index in [2.05, 4.69) is 15.2 Å². The van der Waals surface area contributed by atoms with Gasteiger partial charge in [0.1, 0.15) is 10.6 Å². The quantitative estimate of drug-likeness (QED) is 0.843. The van der Waals surface area contributed by atoms with Crippen LogP contribution in [0.1, 0.15) is 42.0 Å². The van der Waals surface area contributed by atoms with Crippen LogP contribution in [0, 0.1) is 13.8 Å². The lowest BCUT2D eigenvalue weighted by molar-refractivity contribution is -0.123. The maximum Gasteiger partial charge on any atom is 0.246 e. The van der Waals surface area contributed by atoms with Crippen molar-refractivity contribution in [2.24, 2.45) is 0 Å². The van der Waals surface area contributed by atoms with Gasteiger partial charge in [0.15, 0.2) is 5.76 Å². The van der Waals surface area contributed by atoms with Crippen LogP contribution in [0.4, 0.5) is 0 Å². The molecular weight excluding hydrogens is 342 g/mol. The second kappa shape index (κ2) is 6.61. The second-order valence-corrected chi connectivity index (χ2v) is 7.95. The van der Waals surface area contributed by atoms with Crippen LogP contribution in [-0.2, 0) is 21.2 Å². The van der Waals surface area contributed by atoms with E-state index in [0.717, 1.165) is 18.4 Å². The van der Waals surface area contributed by atoms with E-state index in [0.29, 0.717) is 0 Å². The fourth-order valence-corrected chi connectivity index (χ4v) is 4.74. The van der Waals surface area contributed by atoms with Crippen molar-refractivity contribution in [3.63, 3.8) is 0 Å². The molecule has 0 aliphatic heterocycles. The molecule has 0 spiro atoms. The van der Waals surface area contributed by atoms with Gasteiger partial charge in [0.2, 0.25) is 15.9 Å². The van der Waals surface area contributed by atoms with Crippen molar-refractivity contribution in [1.82, 2.24) is 15.2 Å². The van der Waals surface area contributed by atoms with Crippen LogP contribution in [0.5, 0.6) is 0 Å². The number of sulfonamides is 1. The zero-order valence-corrected chi connectivity index (χ0v) is 15.2. The molecule has 0 unspecified atom stereocenters. The van der Waals surface area contributed by atoms with E-state index in [9.17, 15) is 13.2 Å². The largest absolute Gasteiger partial charge is 0.360 e. The highest BCUT2D eigenvalue weighted by Crippen LogP contribution is 2.30. The number of hydrogen-bond donors (Lipinski definition) is 2. The molecular formula is C17H21N3O4S. The Morgan fingerprint density at radius 3 is 2.72 bits per heavy atom. The minimum Gasteiger partial charge on any atom is -0.360 e. The Hall–Kier alpha value is -2.19. The first-order valence-corrected chi connectivity index (χ1v) is 9.61. The van der Waals surface area contributed by atoms with Crippen molar-refractivity contribution >= 4 is 15.9 Å². The number of carbonyl (C=O) groups is 1. The third-order valence-corrected chi connectivity index (χ3v) is 6.20. The summed E-state index contributed by atoms with van der Waals surface area (Å²) in [5, 5.41) is 6.58. The van der Waals surface area contributed by atoms with Gasteiger partial charge in [0.05, 0.1) is 12.1 Å². The highest BCUT2D eigenvalue weighted by atomic mass is 32.2. The molecule has 0 bridgehead atoms. The molecule has 0 fully saturated rings. The van der Waals surface area contributed by atoms with Gasteiger partial charge in [-0.05, 0) is 44.7 Å². The summed E-state index contributed by atoms with van der Waals surface area (Å²) in [6, 6.07) is 6.95. The Labute approximate surface area is 146 Å². The maximum absolute atomic E-state index is 12.5. The molecule has 7 nitrogen and oxygen atoms in total. The first-order valence-electron chi connectivity index (χ1n) is 8.13. The molecule has 25 heavy (non-hydrogen) atoms. The third kappa shape index (κ3) is 3.45. The Kier molecular flexibility index (Phi) is 4.66. The van der Waals surface area contributed by atoms with Crippen LogP contribution in [0.2, 0.25) is 0 Å². The van der Waals surface area contributed by atoms with Crippen molar-refractivity contribution in [1.29, 1.82) is 0 Å². The number of aromatic nitrogens is 1. The maximum atomic E-state index is 12.5. The Bertz CT molecular complexity index is 885. The molecule has 1 amide bonds. The molecule has 1 heterocycles. The number of carbonyl (C=O) groups excluding carboxylic acids is 1. The average molecular weight is 363 g/mol. The molecule has 0 radical (unpaired) electrons. The van der Waals surface area contributed by atoms with Gasteiger partial charge in [-0.15, -0.1) is 0 Å². The standard InChI is InChI=1S/C17H21N3O4S/c1-10-16(12(3)24-19-10)25(22,23)20-11(2)17(21)18-15-9-8-13-6-4-5-7-14(13)15/h4-7,11,15,20H,8-9H2,1-3H3,(H,18,21)/t11-,15+/m0/s1. The zero-order valence-electron chi connectivity index (χ0n) is 14.4. The van der Waals surface area contributed by atoms with E-state index in [-0.39, 0.29) is 28.3 Å². The molecule has 2 aromatic rings. The summed E-state index contributed by atoms with van der Waals surface area (Å²) in [7, 11) is -3.88. The summed E-state index contributed by atoms with van der Waals surface area (Å²) >= 11 is 0. The average Bonchev–Trinajstić information content (AvgIpc) is 3.11. The van der Waals surface area contributed by atoms with Gasteiger partial charge in [-0.3, -0.25) is 4.79 Å². The van der Waals surface area contributed by atoms with Crippen LogP contribution < -0.4 is 10.0 Å². The summed E-state index contributed by atoms with van der Waals surface area (Å²) < 4.78 is 32.3. The smallest absolute Gasteiger partial charge is 0.246 e. The van der Waals surface area contributed by atoms with Gasteiger partial charge >= 0.3 is 0 Å². The van der Waals surface area contributed by atoms with Crippen LogP contribution >= 0.6 is 0 Å². The normalized spacial score (nSPS) is 18.0. The molecule has 134 valence electrons.